The summed E-state index contributed by atoms with van der Waals surface area (Å²) < 4.78 is 0. The molecule has 0 aliphatic heterocycles. The van der Waals surface area contributed by atoms with Crippen LogP contribution in [-0.4, -0.2) is 39.9 Å². The molecule has 0 saturated heterocycles. The third-order valence-corrected chi connectivity index (χ3v) is 2.20. The molecular formula is C10H8N8. The normalized spacial score (nSPS) is 10.2. The number of nitrogens with zero attached hydrogens (tertiary/aromatic N) is 6. The molecule has 88 valence electrons. The number of hydrogen-bond acceptors (Lipinski definition) is 6. The number of hydrogen-bond donors (Lipinski definition) is 2. The van der Waals surface area contributed by atoms with Gasteiger partial charge in [-0.2, -0.15) is 0 Å². The number of aromatic amines is 2. The van der Waals surface area contributed by atoms with Crippen molar-refractivity contribution in [1.29, 1.82) is 0 Å². The van der Waals surface area contributed by atoms with Gasteiger partial charge in [-0.15, -0.1) is 0 Å². The molecule has 4 aromatic rings. The molecule has 0 spiro atoms. The van der Waals surface area contributed by atoms with Crippen molar-refractivity contribution < 1.29 is 0 Å². The summed E-state index contributed by atoms with van der Waals surface area (Å²) in [6, 6.07) is 0. The van der Waals surface area contributed by atoms with Crippen LogP contribution >= 0.6 is 0 Å². The van der Waals surface area contributed by atoms with Crippen molar-refractivity contribution >= 4 is 22.3 Å². The molecule has 0 bridgehead atoms. The maximum absolute atomic E-state index is 3.94. The summed E-state index contributed by atoms with van der Waals surface area (Å²) in [5.41, 5.74) is 3.17. The zero-order valence-electron chi connectivity index (χ0n) is 9.15. The fourth-order valence-electron chi connectivity index (χ4n) is 1.38. The van der Waals surface area contributed by atoms with Crippen LogP contribution in [0.5, 0.6) is 0 Å². The van der Waals surface area contributed by atoms with Crippen LogP contribution in [-0.2, 0) is 0 Å². The second kappa shape index (κ2) is 4.53. The monoisotopic (exact) mass is 240 g/mol. The topological polar surface area (TPSA) is 109 Å². The number of rotatable bonds is 0. The molecule has 4 aromatic heterocycles. The van der Waals surface area contributed by atoms with E-state index in [2.05, 4.69) is 39.9 Å². The van der Waals surface area contributed by atoms with Crippen LogP contribution in [0, 0.1) is 0 Å². The molecule has 0 amide bonds. The van der Waals surface area contributed by atoms with Gasteiger partial charge >= 0.3 is 0 Å². The van der Waals surface area contributed by atoms with Crippen molar-refractivity contribution in [3.8, 4) is 0 Å². The minimum atomic E-state index is 0.713. The Morgan fingerprint density at radius 3 is 2.50 bits per heavy atom. The summed E-state index contributed by atoms with van der Waals surface area (Å²) in [5, 5.41) is 0. The second-order valence-electron chi connectivity index (χ2n) is 3.32. The molecule has 0 atom stereocenters. The Morgan fingerprint density at radius 2 is 1.61 bits per heavy atom. The van der Waals surface area contributed by atoms with Crippen LogP contribution < -0.4 is 0 Å². The Balaban J connectivity index is 0.000000111. The van der Waals surface area contributed by atoms with Gasteiger partial charge in [0.05, 0.1) is 25.0 Å². The zero-order chi connectivity index (χ0) is 12.2. The van der Waals surface area contributed by atoms with Gasteiger partial charge < -0.3 is 9.97 Å². The van der Waals surface area contributed by atoms with E-state index < -0.39 is 0 Å². The average Bonchev–Trinajstić information content (AvgIpc) is 3.08. The maximum Gasteiger partial charge on any atom is 0.180 e. The van der Waals surface area contributed by atoms with Gasteiger partial charge in [0, 0.05) is 0 Å². The molecule has 2 N–H and O–H groups in total. The fraction of sp³-hybridized carbons (Fsp3) is 0. The van der Waals surface area contributed by atoms with Crippen LogP contribution in [0.15, 0.2) is 37.7 Å². The van der Waals surface area contributed by atoms with Gasteiger partial charge in [-0.1, -0.05) is 0 Å². The van der Waals surface area contributed by atoms with Crippen LogP contribution in [0.25, 0.3) is 22.3 Å². The number of aromatic nitrogens is 8. The number of fused-ring (bicyclic) bond motifs is 2. The molecule has 4 rings (SSSR count). The molecule has 4 heterocycles. The predicted molar refractivity (Wildman–Crippen MR) is 63.4 cm³/mol. The Kier molecular flexibility index (Phi) is 2.59. The van der Waals surface area contributed by atoms with Crippen molar-refractivity contribution in [1.82, 2.24) is 39.9 Å². The van der Waals surface area contributed by atoms with Gasteiger partial charge in [-0.05, 0) is 0 Å². The van der Waals surface area contributed by atoms with E-state index in [0.717, 1.165) is 16.7 Å². The molecule has 0 aliphatic rings. The lowest BCUT2D eigenvalue weighted by Gasteiger charge is -1.80. The molecule has 18 heavy (non-hydrogen) atoms. The minimum absolute atomic E-state index is 0.713. The van der Waals surface area contributed by atoms with E-state index in [1.165, 1.54) is 12.7 Å². The van der Waals surface area contributed by atoms with E-state index in [1.54, 1.807) is 25.0 Å². The van der Waals surface area contributed by atoms with Gasteiger partial charge in [0.2, 0.25) is 0 Å². The molecule has 8 heteroatoms. The molecule has 8 nitrogen and oxygen atoms in total. The summed E-state index contributed by atoms with van der Waals surface area (Å²) in [6.45, 7) is 0. The molecule has 0 fully saturated rings. The van der Waals surface area contributed by atoms with Crippen LogP contribution in [0.4, 0.5) is 0 Å². The summed E-state index contributed by atoms with van der Waals surface area (Å²) >= 11 is 0. The third-order valence-electron chi connectivity index (χ3n) is 2.20. The molecular weight excluding hydrogens is 232 g/mol. The van der Waals surface area contributed by atoms with E-state index in [1.807, 2.05) is 0 Å². The fourth-order valence-corrected chi connectivity index (χ4v) is 1.38. The summed E-state index contributed by atoms with van der Waals surface area (Å²) in [7, 11) is 0. The molecule has 0 unspecified atom stereocenters. The van der Waals surface area contributed by atoms with Gasteiger partial charge in [-0.25, -0.2) is 29.9 Å². The van der Waals surface area contributed by atoms with E-state index in [9.17, 15) is 0 Å². The van der Waals surface area contributed by atoms with Crippen LogP contribution in [0.1, 0.15) is 0 Å². The lowest BCUT2D eigenvalue weighted by molar-refractivity contribution is 1.20. The van der Waals surface area contributed by atoms with Crippen molar-refractivity contribution in [2.24, 2.45) is 0 Å². The smallest absolute Gasteiger partial charge is 0.180 e. The first-order valence-electron chi connectivity index (χ1n) is 5.11. The molecule has 0 aliphatic carbocycles. The lowest BCUT2D eigenvalue weighted by Crippen LogP contribution is -1.76. The highest BCUT2D eigenvalue weighted by atomic mass is 15.0. The number of nitrogens with one attached hydrogen (secondary N) is 2. The summed E-state index contributed by atoms with van der Waals surface area (Å²) in [5.74, 6) is 0. The predicted octanol–water partition coefficient (Wildman–Crippen LogP) is 0.706. The Hall–Kier alpha value is -2.90. The van der Waals surface area contributed by atoms with Crippen molar-refractivity contribution in [2.45, 2.75) is 0 Å². The van der Waals surface area contributed by atoms with Crippen molar-refractivity contribution in [2.75, 3.05) is 0 Å². The summed E-state index contributed by atoms with van der Waals surface area (Å²) in [6.07, 6.45) is 9.51. The highest BCUT2D eigenvalue weighted by molar-refractivity contribution is 5.67. The maximum atomic E-state index is 3.94. The third kappa shape index (κ3) is 1.98. The molecule has 0 aromatic carbocycles. The molecule has 0 saturated carbocycles. The SMILES string of the molecule is c1ncc2[nH]cnc2n1.c1ncc2nc[nH]c2n1. The minimum Gasteiger partial charge on any atom is -0.342 e. The Morgan fingerprint density at radius 1 is 0.778 bits per heavy atom. The van der Waals surface area contributed by atoms with E-state index in [-0.39, 0.29) is 0 Å². The van der Waals surface area contributed by atoms with E-state index >= 15 is 0 Å². The van der Waals surface area contributed by atoms with Gasteiger partial charge in [0.25, 0.3) is 0 Å². The van der Waals surface area contributed by atoms with Gasteiger partial charge in [0.1, 0.15) is 23.7 Å². The average molecular weight is 240 g/mol. The van der Waals surface area contributed by atoms with Gasteiger partial charge in [0.15, 0.2) is 11.3 Å². The highest BCUT2D eigenvalue weighted by Crippen LogP contribution is 1.99. The largest absolute Gasteiger partial charge is 0.342 e. The second-order valence-corrected chi connectivity index (χ2v) is 3.32. The first kappa shape index (κ1) is 10.3. The number of H-pyrrole nitrogens is 2. The highest BCUT2D eigenvalue weighted by Gasteiger charge is 1.91. The van der Waals surface area contributed by atoms with E-state index in [0.29, 0.717) is 5.65 Å². The van der Waals surface area contributed by atoms with E-state index in [4.69, 9.17) is 0 Å². The first-order valence-corrected chi connectivity index (χ1v) is 5.11. The quantitative estimate of drug-likeness (QED) is 0.468. The van der Waals surface area contributed by atoms with Crippen LogP contribution in [0.2, 0.25) is 0 Å². The van der Waals surface area contributed by atoms with Gasteiger partial charge in [-0.3, -0.25) is 0 Å². The standard InChI is InChI=1S/2C5H4N4/c2*1-4-5(8-2-6-1)9-3-7-4/h2*1-3H,(H,6,7,8,9). The Labute approximate surface area is 101 Å². The molecule has 0 radical (unpaired) electrons. The van der Waals surface area contributed by atoms with Crippen molar-refractivity contribution in [3.63, 3.8) is 0 Å². The summed E-state index contributed by atoms with van der Waals surface area (Å²) in [4.78, 5) is 29.0. The first-order chi connectivity index (χ1) is 8.93. The zero-order valence-corrected chi connectivity index (χ0v) is 9.15. The van der Waals surface area contributed by atoms with Crippen LogP contribution in [0.3, 0.4) is 0 Å². The van der Waals surface area contributed by atoms with Crippen molar-refractivity contribution in [3.05, 3.63) is 37.7 Å². The Bertz CT molecular complexity index is 632. The lowest BCUT2D eigenvalue weighted by atomic mass is 10.6. The number of imidazole rings is 2.